The number of aliphatic carboxylic acids is 1. The number of nitrogens with zero attached hydrogens (tertiary/aromatic N) is 1. The minimum atomic E-state index is -4.61. The van der Waals surface area contributed by atoms with Gasteiger partial charge in [0.25, 0.3) is 0 Å². The zero-order valence-electron chi connectivity index (χ0n) is 14.0. The number of nitrogens with one attached hydrogen (secondary N) is 1. The molecule has 11 heteroatoms. The van der Waals surface area contributed by atoms with Gasteiger partial charge in [0.05, 0.1) is 18.4 Å². The molecule has 7 nitrogen and oxygen atoms in total. The first-order chi connectivity index (χ1) is 12.2. The lowest BCUT2D eigenvalue weighted by atomic mass is 9.96. The Bertz CT molecular complexity index is 716. The Hall–Kier alpha value is -2.20. The lowest BCUT2D eigenvalue weighted by Crippen LogP contribution is -2.36. The molecule has 0 saturated carbocycles. The topological polar surface area (TPSA) is 88.1 Å². The largest absolute Gasteiger partial charge is 0.481 e. The van der Waals surface area contributed by atoms with E-state index < -0.39 is 36.4 Å². The second kappa shape index (κ2) is 8.22. The number of hydrogen-bond acceptors (Lipinski definition) is 5. The Morgan fingerprint density at radius 2 is 1.93 bits per heavy atom. The molecule has 1 aromatic carbocycles. The smallest absolute Gasteiger partial charge is 0.393 e. The molecular formula is C16H18ClF3N2O5. The molecule has 0 bridgehead atoms. The van der Waals surface area contributed by atoms with Crippen LogP contribution in [0.15, 0.2) is 18.2 Å². The number of alkyl halides is 3. The SMILES string of the molecule is Cl.O=C(CN1C[C@@H](C(F)(F)F)[C@H](C(=O)O)C1)NCc1ccc2c(c1)OCO2. The molecule has 0 spiro atoms. The van der Waals surface area contributed by atoms with E-state index in [9.17, 15) is 22.8 Å². The van der Waals surface area contributed by atoms with Gasteiger partial charge in [-0.05, 0) is 17.7 Å². The fourth-order valence-electron chi connectivity index (χ4n) is 3.11. The average Bonchev–Trinajstić information content (AvgIpc) is 3.18. The van der Waals surface area contributed by atoms with Crippen LogP contribution in [0.25, 0.3) is 0 Å². The summed E-state index contributed by atoms with van der Waals surface area (Å²) in [7, 11) is 0. The fourth-order valence-corrected chi connectivity index (χ4v) is 3.11. The van der Waals surface area contributed by atoms with Crippen molar-refractivity contribution in [3.63, 3.8) is 0 Å². The molecule has 1 fully saturated rings. The van der Waals surface area contributed by atoms with Crippen molar-refractivity contribution >= 4 is 24.3 Å². The lowest BCUT2D eigenvalue weighted by Gasteiger charge is -2.18. The summed E-state index contributed by atoms with van der Waals surface area (Å²) in [5.74, 6) is -4.34. The number of carboxylic acids is 1. The molecule has 150 valence electrons. The van der Waals surface area contributed by atoms with E-state index in [0.29, 0.717) is 11.5 Å². The van der Waals surface area contributed by atoms with E-state index in [1.165, 1.54) is 4.90 Å². The summed E-state index contributed by atoms with van der Waals surface area (Å²) >= 11 is 0. The van der Waals surface area contributed by atoms with E-state index in [4.69, 9.17) is 14.6 Å². The number of benzene rings is 1. The molecule has 1 saturated heterocycles. The van der Waals surface area contributed by atoms with Crippen LogP contribution in [0.1, 0.15) is 5.56 Å². The molecule has 0 aliphatic carbocycles. The van der Waals surface area contributed by atoms with Crippen molar-refractivity contribution in [2.45, 2.75) is 12.7 Å². The maximum absolute atomic E-state index is 12.9. The third-order valence-electron chi connectivity index (χ3n) is 4.43. The minimum Gasteiger partial charge on any atom is -0.481 e. The van der Waals surface area contributed by atoms with Gasteiger partial charge in [-0.25, -0.2) is 0 Å². The highest BCUT2D eigenvalue weighted by Gasteiger charge is 2.52. The molecule has 2 aliphatic heterocycles. The average molecular weight is 411 g/mol. The van der Waals surface area contributed by atoms with Crippen LogP contribution in [0.2, 0.25) is 0 Å². The number of carbonyl (C=O) groups is 2. The van der Waals surface area contributed by atoms with Crippen molar-refractivity contribution in [3.05, 3.63) is 23.8 Å². The number of amides is 1. The maximum atomic E-state index is 12.9. The molecule has 0 aromatic heterocycles. The highest BCUT2D eigenvalue weighted by atomic mass is 35.5. The number of ether oxygens (including phenoxy) is 2. The van der Waals surface area contributed by atoms with E-state index in [1.54, 1.807) is 18.2 Å². The molecule has 1 amide bonds. The van der Waals surface area contributed by atoms with Crippen molar-refractivity contribution in [2.75, 3.05) is 26.4 Å². The number of rotatable bonds is 5. The van der Waals surface area contributed by atoms with E-state index >= 15 is 0 Å². The van der Waals surface area contributed by atoms with Crippen LogP contribution in [0.3, 0.4) is 0 Å². The van der Waals surface area contributed by atoms with Crippen LogP contribution in [-0.4, -0.2) is 54.5 Å². The van der Waals surface area contributed by atoms with E-state index in [-0.39, 0.29) is 38.8 Å². The summed E-state index contributed by atoms with van der Waals surface area (Å²) in [5.41, 5.74) is 0.751. The Morgan fingerprint density at radius 1 is 1.22 bits per heavy atom. The number of hydrogen-bond donors (Lipinski definition) is 2. The van der Waals surface area contributed by atoms with Crippen molar-refractivity contribution in [1.82, 2.24) is 10.2 Å². The molecule has 2 atom stereocenters. The lowest BCUT2D eigenvalue weighted by molar-refractivity contribution is -0.188. The molecular weight excluding hydrogens is 393 g/mol. The Morgan fingerprint density at radius 3 is 2.56 bits per heavy atom. The molecule has 2 N–H and O–H groups in total. The van der Waals surface area contributed by atoms with E-state index in [1.807, 2.05) is 0 Å². The fraction of sp³-hybridized carbons (Fsp3) is 0.500. The normalized spacial score (nSPS) is 21.6. The maximum Gasteiger partial charge on any atom is 0.393 e. The summed E-state index contributed by atoms with van der Waals surface area (Å²) in [6.07, 6.45) is -4.61. The third-order valence-corrected chi connectivity index (χ3v) is 4.43. The van der Waals surface area contributed by atoms with Crippen LogP contribution >= 0.6 is 12.4 Å². The summed E-state index contributed by atoms with van der Waals surface area (Å²) in [4.78, 5) is 24.3. The van der Waals surface area contributed by atoms with Gasteiger partial charge in [-0.15, -0.1) is 12.4 Å². The van der Waals surface area contributed by atoms with Gasteiger partial charge in [-0.3, -0.25) is 14.5 Å². The van der Waals surface area contributed by atoms with Gasteiger partial charge >= 0.3 is 12.1 Å². The zero-order valence-corrected chi connectivity index (χ0v) is 14.8. The summed E-state index contributed by atoms with van der Waals surface area (Å²) in [6, 6.07) is 5.15. The van der Waals surface area contributed by atoms with Gasteiger partial charge in [0, 0.05) is 19.6 Å². The quantitative estimate of drug-likeness (QED) is 0.767. The van der Waals surface area contributed by atoms with Gasteiger partial charge in [-0.2, -0.15) is 13.2 Å². The second-order valence-electron chi connectivity index (χ2n) is 6.25. The summed E-state index contributed by atoms with van der Waals surface area (Å²) in [5, 5.41) is 11.6. The predicted molar refractivity (Wildman–Crippen MR) is 88.8 cm³/mol. The molecule has 3 rings (SSSR count). The van der Waals surface area contributed by atoms with E-state index in [0.717, 1.165) is 5.56 Å². The first-order valence-electron chi connectivity index (χ1n) is 7.91. The highest BCUT2D eigenvalue weighted by molar-refractivity contribution is 5.85. The molecule has 1 aromatic rings. The number of carboxylic acid groups (broad SMARTS) is 1. The van der Waals surface area contributed by atoms with E-state index in [2.05, 4.69) is 5.32 Å². The Labute approximate surface area is 158 Å². The van der Waals surface area contributed by atoms with Gasteiger partial charge in [0.15, 0.2) is 11.5 Å². The second-order valence-corrected chi connectivity index (χ2v) is 6.25. The first kappa shape index (κ1) is 21.1. The monoisotopic (exact) mass is 410 g/mol. The standard InChI is InChI=1S/C16H17F3N2O5.ClH/c17-16(18,19)11-6-21(5-10(11)15(23)24)7-14(22)20-4-9-1-2-12-13(3-9)26-8-25-12;/h1-3,10-11H,4-8H2,(H,20,22)(H,23,24);1H/t10-,11-;/m1./s1. The van der Waals surface area contributed by atoms with Crippen LogP contribution in [-0.2, 0) is 16.1 Å². The van der Waals surface area contributed by atoms with Crippen LogP contribution in [0.4, 0.5) is 13.2 Å². The Kier molecular flexibility index (Phi) is 6.42. The van der Waals surface area contributed by atoms with Crippen LogP contribution < -0.4 is 14.8 Å². The molecule has 2 heterocycles. The van der Waals surface area contributed by atoms with Gasteiger partial charge in [-0.1, -0.05) is 6.07 Å². The first-order valence-corrected chi connectivity index (χ1v) is 7.91. The Balaban J connectivity index is 0.00000261. The zero-order chi connectivity index (χ0) is 18.9. The summed E-state index contributed by atoms with van der Waals surface area (Å²) in [6.45, 7) is -0.796. The van der Waals surface area contributed by atoms with Gasteiger partial charge < -0.3 is 19.9 Å². The van der Waals surface area contributed by atoms with Gasteiger partial charge in [0.1, 0.15) is 0 Å². The predicted octanol–water partition coefficient (Wildman–Crippen LogP) is 1.65. The van der Waals surface area contributed by atoms with Crippen molar-refractivity contribution < 1.29 is 37.3 Å². The number of fused-ring (bicyclic) bond motifs is 1. The third kappa shape index (κ3) is 4.95. The van der Waals surface area contributed by atoms with Crippen LogP contribution in [0.5, 0.6) is 11.5 Å². The van der Waals surface area contributed by atoms with Gasteiger partial charge in [0.2, 0.25) is 12.7 Å². The number of halogens is 4. The number of likely N-dealkylation sites (tertiary alicyclic amines) is 1. The number of carbonyl (C=O) groups excluding carboxylic acids is 1. The van der Waals surface area contributed by atoms with Crippen molar-refractivity contribution in [2.24, 2.45) is 11.8 Å². The summed E-state index contributed by atoms with van der Waals surface area (Å²) < 4.78 is 49.2. The minimum absolute atomic E-state index is 0. The molecule has 2 aliphatic rings. The molecule has 27 heavy (non-hydrogen) atoms. The molecule has 0 radical (unpaired) electrons. The molecule has 0 unspecified atom stereocenters. The van der Waals surface area contributed by atoms with Crippen LogP contribution in [0, 0.1) is 11.8 Å². The van der Waals surface area contributed by atoms with Crippen molar-refractivity contribution in [3.8, 4) is 11.5 Å². The van der Waals surface area contributed by atoms with Crippen molar-refractivity contribution in [1.29, 1.82) is 0 Å². The highest BCUT2D eigenvalue weighted by Crippen LogP contribution is 2.37.